The Morgan fingerprint density at radius 3 is 2.17 bits per heavy atom. The van der Waals surface area contributed by atoms with Crippen molar-refractivity contribution in [2.75, 3.05) is 12.0 Å². The van der Waals surface area contributed by atoms with Crippen LogP contribution in [0.3, 0.4) is 0 Å². The summed E-state index contributed by atoms with van der Waals surface area (Å²) in [5, 5.41) is 13.3. The second-order valence-electron chi connectivity index (χ2n) is 5.92. The van der Waals surface area contributed by atoms with Crippen molar-refractivity contribution in [3.05, 3.63) is 75.8 Å². The zero-order valence-electron chi connectivity index (χ0n) is 15.6. The first-order valence-corrected chi connectivity index (χ1v) is 10.0. The summed E-state index contributed by atoms with van der Waals surface area (Å²) in [4.78, 5) is 47.0. The highest BCUT2D eigenvalue weighted by Crippen LogP contribution is 2.11. The maximum Gasteiger partial charge on any atom is 0.269 e. The number of amides is 3. The van der Waals surface area contributed by atoms with Crippen LogP contribution in [-0.4, -0.2) is 40.7 Å². The first kappa shape index (κ1) is 21.9. The van der Waals surface area contributed by atoms with Crippen molar-refractivity contribution >= 4 is 35.2 Å². The van der Waals surface area contributed by atoms with Gasteiger partial charge >= 0.3 is 0 Å². The van der Waals surface area contributed by atoms with Gasteiger partial charge in [-0.15, -0.1) is 0 Å². The molecule has 2 aromatic carbocycles. The second kappa shape index (κ2) is 10.8. The molecule has 0 unspecified atom stereocenters. The first-order valence-electron chi connectivity index (χ1n) is 8.62. The number of carbonyl (C=O) groups is 3. The Hall–Kier alpha value is -3.40. The zero-order chi connectivity index (χ0) is 21.2. The van der Waals surface area contributed by atoms with E-state index in [-0.39, 0.29) is 11.3 Å². The number of rotatable bonds is 8. The van der Waals surface area contributed by atoms with E-state index in [2.05, 4.69) is 16.2 Å². The van der Waals surface area contributed by atoms with Crippen LogP contribution in [0.5, 0.6) is 0 Å². The molecule has 0 fully saturated rings. The molecule has 29 heavy (non-hydrogen) atoms. The lowest BCUT2D eigenvalue weighted by Crippen LogP contribution is -2.52. The van der Waals surface area contributed by atoms with Crippen molar-refractivity contribution in [3.63, 3.8) is 0 Å². The van der Waals surface area contributed by atoms with Gasteiger partial charge in [-0.25, -0.2) is 0 Å². The number of non-ortho nitro benzene ring substituents is 1. The van der Waals surface area contributed by atoms with Crippen molar-refractivity contribution in [3.8, 4) is 0 Å². The topological polar surface area (TPSA) is 130 Å². The van der Waals surface area contributed by atoms with E-state index >= 15 is 0 Å². The van der Waals surface area contributed by atoms with Crippen molar-refractivity contribution in [2.45, 2.75) is 12.5 Å². The van der Waals surface area contributed by atoms with Gasteiger partial charge in [0.25, 0.3) is 23.4 Å². The fraction of sp³-hybridized carbons (Fsp3) is 0.211. The van der Waals surface area contributed by atoms with Crippen molar-refractivity contribution in [2.24, 2.45) is 0 Å². The molecule has 2 aromatic rings. The average Bonchev–Trinajstić information content (AvgIpc) is 2.75. The van der Waals surface area contributed by atoms with Gasteiger partial charge < -0.3 is 5.32 Å². The molecule has 0 aromatic heterocycles. The molecule has 3 N–H and O–H groups in total. The molecule has 0 spiro atoms. The van der Waals surface area contributed by atoms with Gasteiger partial charge in [0, 0.05) is 23.3 Å². The van der Waals surface area contributed by atoms with Gasteiger partial charge in [-0.2, -0.15) is 11.8 Å². The molecule has 0 radical (unpaired) electrons. The summed E-state index contributed by atoms with van der Waals surface area (Å²) in [5.74, 6) is -0.970. The first-order chi connectivity index (χ1) is 13.9. The van der Waals surface area contributed by atoms with E-state index in [0.717, 1.165) is 0 Å². The molecule has 9 nitrogen and oxygen atoms in total. The summed E-state index contributed by atoms with van der Waals surface area (Å²) in [6.45, 7) is 0. The summed E-state index contributed by atoms with van der Waals surface area (Å²) >= 11 is 1.52. The van der Waals surface area contributed by atoms with E-state index < -0.39 is 28.7 Å². The normalized spacial score (nSPS) is 11.2. The SMILES string of the molecule is CSCC[C@H](NC(=O)c1ccccc1)C(=O)NNC(=O)c1ccc([N+](=O)[O-])cc1. The van der Waals surface area contributed by atoms with Gasteiger partial charge in [-0.1, -0.05) is 18.2 Å². The van der Waals surface area contributed by atoms with Gasteiger partial charge in [0.15, 0.2) is 0 Å². The van der Waals surface area contributed by atoms with Crippen molar-refractivity contribution in [1.82, 2.24) is 16.2 Å². The zero-order valence-corrected chi connectivity index (χ0v) is 16.4. The number of nitro benzene ring substituents is 1. The quantitative estimate of drug-likeness (QED) is 0.445. The maximum absolute atomic E-state index is 12.5. The number of carbonyl (C=O) groups excluding carboxylic acids is 3. The molecule has 3 amide bonds. The molecule has 0 heterocycles. The number of hydrogen-bond donors (Lipinski definition) is 3. The number of nitrogens with one attached hydrogen (secondary N) is 3. The van der Waals surface area contributed by atoms with E-state index in [9.17, 15) is 24.5 Å². The highest BCUT2D eigenvalue weighted by Gasteiger charge is 2.22. The molecule has 10 heteroatoms. The minimum atomic E-state index is -0.840. The molecule has 0 aliphatic rings. The molecule has 0 aliphatic carbocycles. The van der Waals surface area contributed by atoms with Gasteiger partial charge in [0.2, 0.25) is 0 Å². The van der Waals surface area contributed by atoms with Gasteiger partial charge in [-0.3, -0.25) is 35.3 Å². The van der Waals surface area contributed by atoms with E-state index in [1.54, 1.807) is 30.3 Å². The van der Waals surface area contributed by atoms with E-state index in [1.165, 1.54) is 36.0 Å². The average molecular weight is 416 g/mol. The Morgan fingerprint density at radius 2 is 1.59 bits per heavy atom. The van der Waals surface area contributed by atoms with Gasteiger partial charge in [0.1, 0.15) is 6.04 Å². The van der Waals surface area contributed by atoms with Crippen LogP contribution < -0.4 is 16.2 Å². The summed E-state index contributed by atoms with van der Waals surface area (Å²) in [5.41, 5.74) is 4.96. The third kappa shape index (κ3) is 6.61. The Kier molecular flexibility index (Phi) is 8.16. The predicted octanol–water partition coefficient (Wildman–Crippen LogP) is 1.91. The third-order valence-electron chi connectivity index (χ3n) is 3.91. The summed E-state index contributed by atoms with van der Waals surface area (Å²) in [7, 11) is 0. The predicted molar refractivity (Wildman–Crippen MR) is 109 cm³/mol. The largest absolute Gasteiger partial charge is 0.340 e. The van der Waals surface area contributed by atoms with Crippen LogP contribution >= 0.6 is 11.8 Å². The highest BCUT2D eigenvalue weighted by atomic mass is 32.2. The minimum Gasteiger partial charge on any atom is -0.340 e. The molecule has 0 saturated carbocycles. The van der Waals surface area contributed by atoms with Crippen molar-refractivity contribution in [1.29, 1.82) is 0 Å². The summed E-state index contributed by atoms with van der Waals surface area (Å²) in [6, 6.07) is 12.6. The Balaban J connectivity index is 1.97. The number of nitro groups is 1. The monoisotopic (exact) mass is 416 g/mol. The van der Waals surface area contributed by atoms with Gasteiger partial charge in [0.05, 0.1) is 4.92 Å². The molecule has 0 bridgehead atoms. The van der Waals surface area contributed by atoms with Crippen LogP contribution in [0.1, 0.15) is 27.1 Å². The maximum atomic E-state index is 12.5. The molecule has 1 atom stereocenters. The molecule has 0 saturated heterocycles. The minimum absolute atomic E-state index is 0.143. The lowest BCUT2D eigenvalue weighted by molar-refractivity contribution is -0.384. The van der Waals surface area contributed by atoms with Crippen LogP contribution in [0.15, 0.2) is 54.6 Å². The molecular formula is C19H20N4O5S. The molecule has 152 valence electrons. The summed E-state index contributed by atoms with van der Waals surface area (Å²) in [6.07, 6.45) is 2.25. The second-order valence-corrected chi connectivity index (χ2v) is 6.91. The fourth-order valence-corrected chi connectivity index (χ4v) is 2.82. The van der Waals surface area contributed by atoms with E-state index in [0.29, 0.717) is 17.7 Å². The number of hydrazine groups is 1. The Bertz CT molecular complexity index is 874. The van der Waals surface area contributed by atoms with Crippen LogP contribution in [0.2, 0.25) is 0 Å². The van der Waals surface area contributed by atoms with Crippen LogP contribution in [-0.2, 0) is 4.79 Å². The molecule has 2 rings (SSSR count). The van der Waals surface area contributed by atoms with E-state index in [1.807, 2.05) is 6.26 Å². The van der Waals surface area contributed by atoms with Crippen LogP contribution in [0.25, 0.3) is 0 Å². The van der Waals surface area contributed by atoms with Crippen molar-refractivity contribution < 1.29 is 19.3 Å². The summed E-state index contributed by atoms with van der Waals surface area (Å²) < 4.78 is 0. The Morgan fingerprint density at radius 1 is 0.966 bits per heavy atom. The molecular weight excluding hydrogens is 396 g/mol. The van der Waals surface area contributed by atoms with Crippen LogP contribution in [0, 0.1) is 10.1 Å². The lowest BCUT2D eigenvalue weighted by atomic mass is 10.1. The smallest absolute Gasteiger partial charge is 0.269 e. The number of nitrogens with zero attached hydrogens (tertiary/aromatic N) is 1. The highest BCUT2D eigenvalue weighted by molar-refractivity contribution is 7.98. The lowest BCUT2D eigenvalue weighted by Gasteiger charge is -2.18. The molecule has 0 aliphatic heterocycles. The van der Waals surface area contributed by atoms with Gasteiger partial charge in [-0.05, 0) is 42.7 Å². The standard InChI is InChI=1S/C19H20N4O5S/c1-29-12-11-16(20-17(24)13-5-3-2-4-6-13)19(26)22-21-18(25)14-7-9-15(10-8-14)23(27)28/h2-10,16H,11-12H2,1H3,(H,20,24)(H,21,25)(H,22,26)/t16-/m0/s1. The Labute approximate surface area is 171 Å². The number of hydrogen-bond acceptors (Lipinski definition) is 6. The van der Waals surface area contributed by atoms with E-state index in [4.69, 9.17) is 0 Å². The number of thioether (sulfide) groups is 1. The fourth-order valence-electron chi connectivity index (χ4n) is 2.35. The third-order valence-corrected chi connectivity index (χ3v) is 4.55. The van der Waals surface area contributed by atoms with Crippen LogP contribution in [0.4, 0.5) is 5.69 Å². The number of benzene rings is 2.